The highest BCUT2D eigenvalue weighted by Crippen LogP contribution is 2.34. The van der Waals surface area contributed by atoms with Gasteiger partial charge in [-0.25, -0.2) is 0 Å². The minimum Gasteiger partial charge on any atom is -0.481 e. The van der Waals surface area contributed by atoms with Crippen molar-refractivity contribution in [3.05, 3.63) is 28.3 Å². The molecule has 1 aromatic rings. The fourth-order valence-electron chi connectivity index (χ4n) is 2.30. The van der Waals surface area contributed by atoms with Gasteiger partial charge in [-0.05, 0) is 26.8 Å². The van der Waals surface area contributed by atoms with Gasteiger partial charge in [-0.15, -0.1) is 0 Å². The number of morpholine rings is 1. The van der Waals surface area contributed by atoms with E-state index in [0.717, 1.165) is 6.29 Å². The first-order valence-electron chi connectivity index (χ1n) is 7.09. The molecule has 1 aliphatic heterocycles. The lowest BCUT2D eigenvalue weighted by Crippen LogP contribution is -2.46. The van der Waals surface area contributed by atoms with Crippen molar-refractivity contribution in [1.29, 1.82) is 0 Å². The number of nitrogens with zero attached hydrogens (tertiary/aromatic N) is 2. The standard InChI is InChI=1S/C15H20N2O5/c1-15(2,3)22-14-8-11(4-5-13(14)17(19)20)16-6-7-21-10-12(16)9-18/h4-5,8-9,12H,6-7,10H2,1-3H3. The van der Waals surface area contributed by atoms with Crippen LogP contribution in [0.1, 0.15) is 20.8 Å². The first-order valence-corrected chi connectivity index (χ1v) is 7.09. The molecule has 0 radical (unpaired) electrons. The second-order valence-electron chi connectivity index (χ2n) is 6.10. The monoisotopic (exact) mass is 308 g/mol. The van der Waals surface area contributed by atoms with Crippen LogP contribution in [0, 0.1) is 10.1 Å². The van der Waals surface area contributed by atoms with E-state index in [4.69, 9.17) is 9.47 Å². The lowest BCUT2D eigenvalue weighted by molar-refractivity contribution is -0.386. The number of carbonyl (C=O) groups is 1. The molecule has 7 nitrogen and oxygen atoms in total. The molecule has 22 heavy (non-hydrogen) atoms. The van der Waals surface area contributed by atoms with E-state index in [-0.39, 0.29) is 11.4 Å². The predicted octanol–water partition coefficient (Wildman–Crippen LogP) is 2.18. The molecule has 1 aliphatic rings. The van der Waals surface area contributed by atoms with Crippen molar-refractivity contribution in [2.24, 2.45) is 0 Å². The average Bonchev–Trinajstić information content (AvgIpc) is 2.45. The van der Waals surface area contributed by atoms with Crippen LogP contribution in [0.5, 0.6) is 5.75 Å². The topological polar surface area (TPSA) is 81.9 Å². The molecule has 1 atom stereocenters. The second kappa shape index (κ2) is 6.31. The molecule has 0 aromatic heterocycles. The van der Waals surface area contributed by atoms with Crippen LogP contribution in [0.2, 0.25) is 0 Å². The molecule has 1 unspecified atom stereocenters. The summed E-state index contributed by atoms with van der Waals surface area (Å²) in [5.41, 5.74) is 0.0678. The largest absolute Gasteiger partial charge is 0.481 e. The van der Waals surface area contributed by atoms with E-state index >= 15 is 0 Å². The SMILES string of the molecule is CC(C)(C)Oc1cc(N2CCOCC2C=O)ccc1[N+](=O)[O-]. The van der Waals surface area contributed by atoms with E-state index in [1.807, 2.05) is 25.7 Å². The molecule has 120 valence electrons. The van der Waals surface area contributed by atoms with Crippen LogP contribution in [0.4, 0.5) is 11.4 Å². The normalized spacial score (nSPS) is 18.9. The van der Waals surface area contributed by atoms with E-state index in [2.05, 4.69) is 0 Å². The van der Waals surface area contributed by atoms with E-state index in [0.29, 0.717) is 25.4 Å². The van der Waals surface area contributed by atoms with Crippen LogP contribution < -0.4 is 9.64 Å². The third-order valence-electron chi connectivity index (χ3n) is 3.21. The van der Waals surface area contributed by atoms with Crippen LogP contribution in [-0.4, -0.2) is 42.6 Å². The predicted molar refractivity (Wildman–Crippen MR) is 81.5 cm³/mol. The zero-order chi connectivity index (χ0) is 16.3. The van der Waals surface area contributed by atoms with Gasteiger partial charge in [0.05, 0.1) is 18.1 Å². The van der Waals surface area contributed by atoms with Gasteiger partial charge in [0.25, 0.3) is 0 Å². The number of benzene rings is 1. The Balaban J connectivity index is 2.39. The Bertz CT molecular complexity index is 568. The number of nitro benzene ring substituents is 1. The number of hydrogen-bond acceptors (Lipinski definition) is 6. The summed E-state index contributed by atoms with van der Waals surface area (Å²) in [5, 5.41) is 11.2. The minimum absolute atomic E-state index is 0.0883. The maximum Gasteiger partial charge on any atom is 0.311 e. The summed E-state index contributed by atoms with van der Waals surface area (Å²) in [6.45, 7) is 6.86. The van der Waals surface area contributed by atoms with Crippen molar-refractivity contribution in [3.63, 3.8) is 0 Å². The van der Waals surface area contributed by atoms with Gasteiger partial charge in [0, 0.05) is 24.4 Å². The molecule has 1 saturated heterocycles. The van der Waals surface area contributed by atoms with Crippen LogP contribution >= 0.6 is 0 Å². The highest BCUT2D eigenvalue weighted by atomic mass is 16.6. The molecular weight excluding hydrogens is 288 g/mol. The van der Waals surface area contributed by atoms with Gasteiger partial charge in [0.2, 0.25) is 0 Å². The molecule has 0 spiro atoms. The maximum atomic E-state index is 11.2. The van der Waals surface area contributed by atoms with Gasteiger partial charge in [0.1, 0.15) is 17.9 Å². The second-order valence-corrected chi connectivity index (χ2v) is 6.10. The Morgan fingerprint density at radius 3 is 2.77 bits per heavy atom. The molecular formula is C15H20N2O5. The van der Waals surface area contributed by atoms with Crippen LogP contribution in [0.25, 0.3) is 0 Å². The molecule has 1 heterocycles. The first-order chi connectivity index (χ1) is 10.3. The van der Waals surface area contributed by atoms with E-state index in [9.17, 15) is 14.9 Å². The molecule has 0 saturated carbocycles. The third kappa shape index (κ3) is 3.73. The zero-order valence-electron chi connectivity index (χ0n) is 12.9. The molecule has 7 heteroatoms. The quantitative estimate of drug-likeness (QED) is 0.482. The fraction of sp³-hybridized carbons (Fsp3) is 0.533. The molecule has 1 aromatic carbocycles. The van der Waals surface area contributed by atoms with Gasteiger partial charge >= 0.3 is 5.69 Å². The van der Waals surface area contributed by atoms with Crippen molar-refractivity contribution in [3.8, 4) is 5.75 Å². The van der Waals surface area contributed by atoms with Crippen LogP contribution in [-0.2, 0) is 9.53 Å². The Labute approximate surface area is 129 Å². The number of nitro groups is 1. The van der Waals surface area contributed by atoms with Gasteiger partial charge < -0.3 is 19.2 Å². The summed E-state index contributed by atoms with van der Waals surface area (Å²) >= 11 is 0. The Hall–Kier alpha value is -2.15. The average molecular weight is 308 g/mol. The molecule has 0 N–H and O–H groups in total. The summed E-state index contributed by atoms with van der Waals surface area (Å²) in [5.74, 6) is 0.200. The van der Waals surface area contributed by atoms with Gasteiger partial charge in [0.15, 0.2) is 5.75 Å². The molecule has 1 fully saturated rings. The van der Waals surface area contributed by atoms with Gasteiger partial charge in [-0.1, -0.05) is 0 Å². The van der Waals surface area contributed by atoms with Gasteiger partial charge in [-0.2, -0.15) is 0 Å². The summed E-state index contributed by atoms with van der Waals surface area (Å²) < 4.78 is 11.0. The Morgan fingerprint density at radius 1 is 1.45 bits per heavy atom. The molecule has 2 rings (SSSR count). The number of ether oxygens (including phenoxy) is 2. The number of hydrogen-bond donors (Lipinski definition) is 0. The molecule has 0 aliphatic carbocycles. The highest BCUT2D eigenvalue weighted by molar-refractivity contribution is 5.69. The van der Waals surface area contributed by atoms with Crippen LogP contribution in [0.15, 0.2) is 18.2 Å². The zero-order valence-corrected chi connectivity index (χ0v) is 12.9. The third-order valence-corrected chi connectivity index (χ3v) is 3.21. The molecule has 0 amide bonds. The van der Waals surface area contributed by atoms with Crippen molar-refractivity contribution < 1.29 is 19.2 Å². The summed E-state index contributed by atoms with van der Waals surface area (Å²) in [4.78, 5) is 23.7. The van der Waals surface area contributed by atoms with Gasteiger partial charge in [-0.3, -0.25) is 10.1 Å². The van der Waals surface area contributed by atoms with Crippen LogP contribution in [0.3, 0.4) is 0 Å². The summed E-state index contributed by atoms with van der Waals surface area (Å²) in [6, 6.07) is 4.27. The smallest absolute Gasteiger partial charge is 0.311 e. The number of rotatable bonds is 4. The van der Waals surface area contributed by atoms with Crippen molar-refractivity contribution in [2.45, 2.75) is 32.4 Å². The Kier molecular flexibility index (Phi) is 4.65. The van der Waals surface area contributed by atoms with Crippen molar-refractivity contribution in [2.75, 3.05) is 24.7 Å². The van der Waals surface area contributed by atoms with E-state index in [1.165, 1.54) is 6.07 Å². The first kappa shape index (κ1) is 16.2. The fourth-order valence-corrected chi connectivity index (χ4v) is 2.30. The van der Waals surface area contributed by atoms with E-state index < -0.39 is 16.6 Å². The lowest BCUT2D eigenvalue weighted by Gasteiger charge is -2.34. The molecule has 0 bridgehead atoms. The minimum atomic E-state index is -0.557. The number of anilines is 1. The van der Waals surface area contributed by atoms with E-state index in [1.54, 1.807) is 12.1 Å². The number of carbonyl (C=O) groups excluding carboxylic acids is 1. The lowest BCUT2D eigenvalue weighted by atomic mass is 10.1. The number of aldehydes is 1. The highest BCUT2D eigenvalue weighted by Gasteiger charge is 2.26. The Morgan fingerprint density at radius 2 is 2.18 bits per heavy atom. The van der Waals surface area contributed by atoms with Crippen molar-refractivity contribution in [1.82, 2.24) is 0 Å². The summed E-state index contributed by atoms with van der Waals surface area (Å²) in [7, 11) is 0. The maximum absolute atomic E-state index is 11.2. The summed E-state index contributed by atoms with van der Waals surface area (Å²) in [6.07, 6.45) is 0.824. The van der Waals surface area contributed by atoms with Crippen molar-refractivity contribution >= 4 is 17.7 Å².